The first-order valence-corrected chi connectivity index (χ1v) is 9.63. The summed E-state index contributed by atoms with van der Waals surface area (Å²) in [5, 5.41) is 5.33. The number of benzene rings is 3. The highest BCUT2D eigenvalue weighted by atomic mass is 16.6. The van der Waals surface area contributed by atoms with Crippen molar-refractivity contribution in [2.45, 2.75) is 26.2 Å². The highest BCUT2D eigenvalue weighted by Crippen LogP contribution is 2.24. The monoisotopic (exact) mass is 381 g/mol. The fourth-order valence-corrected chi connectivity index (χ4v) is 3.14. The van der Waals surface area contributed by atoms with Crippen LogP contribution in [0.25, 0.3) is 10.9 Å². The SMILES string of the molecule is CC(C)(C)c1ccc(C(=NOc2ncnc3ccccc23)c2ccccc2)cc1. The molecule has 1 heterocycles. The number of oxime groups is 1. The molecular weight excluding hydrogens is 358 g/mol. The van der Waals surface area contributed by atoms with Gasteiger partial charge in [0.2, 0.25) is 0 Å². The van der Waals surface area contributed by atoms with E-state index in [1.54, 1.807) is 0 Å². The van der Waals surface area contributed by atoms with Crippen molar-refractivity contribution in [1.29, 1.82) is 0 Å². The Hall–Kier alpha value is -3.53. The Morgan fingerprint density at radius 1 is 0.759 bits per heavy atom. The van der Waals surface area contributed by atoms with Crippen LogP contribution in [0.1, 0.15) is 37.5 Å². The van der Waals surface area contributed by atoms with E-state index in [4.69, 9.17) is 4.84 Å². The maximum atomic E-state index is 5.82. The predicted octanol–water partition coefficient (Wildman–Crippen LogP) is 5.76. The molecule has 4 rings (SSSR count). The van der Waals surface area contributed by atoms with Gasteiger partial charge in [-0.15, -0.1) is 0 Å². The molecule has 4 nitrogen and oxygen atoms in total. The van der Waals surface area contributed by atoms with Gasteiger partial charge in [-0.05, 0) is 23.1 Å². The zero-order chi connectivity index (χ0) is 20.3. The van der Waals surface area contributed by atoms with Crippen LogP contribution in [0.15, 0.2) is 90.3 Å². The van der Waals surface area contributed by atoms with Crippen molar-refractivity contribution in [2.75, 3.05) is 0 Å². The Bertz CT molecular complexity index is 1140. The van der Waals surface area contributed by atoms with Crippen molar-refractivity contribution in [2.24, 2.45) is 5.16 Å². The maximum Gasteiger partial charge on any atom is 0.259 e. The minimum atomic E-state index is 0.0962. The fraction of sp³-hybridized carbons (Fsp3) is 0.160. The van der Waals surface area contributed by atoms with Gasteiger partial charge in [0.15, 0.2) is 0 Å². The summed E-state index contributed by atoms with van der Waals surface area (Å²) >= 11 is 0. The molecule has 0 atom stereocenters. The van der Waals surface area contributed by atoms with Gasteiger partial charge in [0.05, 0.1) is 10.9 Å². The van der Waals surface area contributed by atoms with Gasteiger partial charge in [-0.2, -0.15) is 4.98 Å². The second-order valence-corrected chi connectivity index (χ2v) is 7.92. The molecule has 0 fully saturated rings. The smallest absolute Gasteiger partial charge is 0.259 e. The maximum absolute atomic E-state index is 5.82. The van der Waals surface area contributed by atoms with E-state index in [0.29, 0.717) is 5.88 Å². The van der Waals surface area contributed by atoms with E-state index >= 15 is 0 Å². The molecule has 0 aliphatic carbocycles. The summed E-state index contributed by atoms with van der Waals surface area (Å²) in [5.41, 5.74) is 4.92. The van der Waals surface area contributed by atoms with Crippen LogP contribution in [-0.4, -0.2) is 15.7 Å². The van der Waals surface area contributed by atoms with Crippen molar-refractivity contribution < 1.29 is 4.84 Å². The third kappa shape index (κ3) is 4.16. The Balaban J connectivity index is 1.75. The number of nitrogens with zero attached hydrogens (tertiary/aromatic N) is 3. The van der Waals surface area contributed by atoms with E-state index in [0.717, 1.165) is 27.7 Å². The normalized spacial score (nSPS) is 12.2. The molecule has 29 heavy (non-hydrogen) atoms. The molecule has 0 radical (unpaired) electrons. The molecule has 4 heteroatoms. The second-order valence-electron chi connectivity index (χ2n) is 7.92. The molecule has 144 valence electrons. The average Bonchev–Trinajstić information content (AvgIpc) is 2.74. The first-order chi connectivity index (χ1) is 14.0. The fourth-order valence-electron chi connectivity index (χ4n) is 3.14. The summed E-state index contributed by atoms with van der Waals surface area (Å²) in [7, 11) is 0. The quantitative estimate of drug-likeness (QED) is 0.334. The van der Waals surface area contributed by atoms with Crippen LogP contribution in [0.5, 0.6) is 5.88 Å². The van der Waals surface area contributed by atoms with Gasteiger partial charge in [0, 0.05) is 11.1 Å². The molecule has 0 bridgehead atoms. The predicted molar refractivity (Wildman–Crippen MR) is 117 cm³/mol. The van der Waals surface area contributed by atoms with Gasteiger partial charge in [0.1, 0.15) is 12.0 Å². The molecule has 0 unspecified atom stereocenters. The number of aromatic nitrogens is 2. The number of para-hydroxylation sites is 1. The Morgan fingerprint density at radius 3 is 2.14 bits per heavy atom. The number of hydrogen-bond donors (Lipinski definition) is 0. The molecule has 0 spiro atoms. The van der Waals surface area contributed by atoms with E-state index in [-0.39, 0.29) is 5.41 Å². The average molecular weight is 381 g/mol. The Kier molecular flexibility index (Phi) is 5.09. The highest BCUT2D eigenvalue weighted by Gasteiger charge is 2.15. The van der Waals surface area contributed by atoms with Crippen LogP contribution in [0.2, 0.25) is 0 Å². The molecule has 1 aromatic heterocycles. The standard InChI is InChI=1S/C25H23N3O/c1-25(2,3)20-15-13-19(14-16-20)23(18-9-5-4-6-10-18)28-29-24-21-11-7-8-12-22(21)26-17-27-24/h4-17H,1-3H3. The van der Waals surface area contributed by atoms with Gasteiger partial charge >= 0.3 is 0 Å². The van der Waals surface area contributed by atoms with Crippen molar-refractivity contribution in [1.82, 2.24) is 9.97 Å². The zero-order valence-electron chi connectivity index (χ0n) is 16.8. The molecule has 0 aliphatic heterocycles. The van der Waals surface area contributed by atoms with E-state index in [1.165, 1.54) is 11.9 Å². The Morgan fingerprint density at radius 2 is 1.41 bits per heavy atom. The summed E-state index contributed by atoms with van der Waals surface area (Å²) < 4.78 is 0. The van der Waals surface area contributed by atoms with Crippen LogP contribution >= 0.6 is 0 Å². The molecule has 3 aromatic carbocycles. The first-order valence-electron chi connectivity index (χ1n) is 9.63. The summed E-state index contributed by atoms with van der Waals surface area (Å²) in [6, 6.07) is 26.2. The van der Waals surface area contributed by atoms with Crippen LogP contribution in [-0.2, 0) is 5.41 Å². The summed E-state index contributed by atoms with van der Waals surface area (Å²) in [5.74, 6) is 0.440. The van der Waals surface area contributed by atoms with Crippen LogP contribution in [0, 0.1) is 0 Å². The third-order valence-electron chi connectivity index (χ3n) is 4.80. The lowest BCUT2D eigenvalue weighted by Crippen LogP contribution is -2.12. The van der Waals surface area contributed by atoms with Gasteiger partial charge < -0.3 is 4.84 Å². The van der Waals surface area contributed by atoms with Gasteiger partial charge in [0.25, 0.3) is 5.88 Å². The van der Waals surface area contributed by atoms with E-state index < -0.39 is 0 Å². The topological polar surface area (TPSA) is 47.4 Å². The van der Waals surface area contributed by atoms with Gasteiger partial charge in [-0.3, -0.25) is 0 Å². The number of hydrogen-bond acceptors (Lipinski definition) is 4. The van der Waals surface area contributed by atoms with E-state index in [1.807, 2.05) is 54.6 Å². The van der Waals surface area contributed by atoms with Crippen molar-refractivity contribution in [3.63, 3.8) is 0 Å². The lowest BCUT2D eigenvalue weighted by molar-refractivity contribution is 0.332. The van der Waals surface area contributed by atoms with E-state index in [2.05, 4.69) is 60.2 Å². The van der Waals surface area contributed by atoms with Crippen LogP contribution < -0.4 is 4.84 Å². The molecular formula is C25H23N3O. The molecule has 0 saturated heterocycles. The van der Waals surface area contributed by atoms with E-state index in [9.17, 15) is 0 Å². The summed E-state index contributed by atoms with van der Waals surface area (Å²) in [6.45, 7) is 6.62. The van der Waals surface area contributed by atoms with Crippen LogP contribution in [0.3, 0.4) is 0 Å². The largest absolute Gasteiger partial charge is 0.335 e. The Labute approximate surface area is 170 Å². The lowest BCUT2D eigenvalue weighted by Gasteiger charge is -2.19. The molecule has 0 N–H and O–H groups in total. The molecule has 0 amide bonds. The third-order valence-corrected chi connectivity index (χ3v) is 4.80. The molecule has 4 aromatic rings. The summed E-state index contributed by atoms with van der Waals surface area (Å²) in [6.07, 6.45) is 1.49. The van der Waals surface area contributed by atoms with Crippen LogP contribution in [0.4, 0.5) is 0 Å². The van der Waals surface area contributed by atoms with Gasteiger partial charge in [-0.25, -0.2) is 4.98 Å². The highest BCUT2D eigenvalue weighted by molar-refractivity contribution is 6.12. The number of fused-ring (bicyclic) bond motifs is 1. The first kappa shape index (κ1) is 18.8. The number of rotatable bonds is 4. The van der Waals surface area contributed by atoms with Crippen molar-refractivity contribution in [3.8, 4) is 5.88 Å². The minimum absolute atomic E-state index is 0.0962. The molecule has 0 aliphatic rings. The van der Waals surface area contributed by atoms with Gasteiger partial charge in [-0.1, -0.05) is 92.7 Å². The zero-order valence-corrected chi connectivity index (χ0v) is 16.8. The van der Waals surface area contributed by atoms with Crippen molar-refractivity contribution >= 4 is 16.6 Å². The molecule has 0 saturated carbocycles. The minimum Gasteiger partial charge on any atom is -0.335 e. The summed E-state index contributed by atoms with van der Waals surface area (Å²) in [4.78, 5) is 14.4. The lowest BCUT2D eigenvalue weighted by atomic mass is 9.86. The van der Waals surface area contributed by atoms with Crippen molar-refractivity contribution in [3.05, 3.63) is 102 Å². The second kappa shape index (κ2) is 7.84.